The van der Waals surface area contributed by atoms with Crippen LogP contribution in [0.1, 0.15) is 40.0 Å². The normalized spacial score (nSPS) is 28.1. The molecule has 0 aromatic heterocycles. The Morgan fingerprint density at radius 2 is 2.22 bits per heavy atom. The highest BCUT2D eigenvalue weighted by molar-refractivity contribution is 5.81. The highest BCUT2D eigenvalue weighted by Gasteiger charge is 2.46. The van der Waals surface area contributed by atoms with E-state index in [-0.39, 0.29) is 5.97 Å². The van der Waals surface area contributed by atoms with E-state index in [9.17, 15) is 4.79 Å². The zero-order valence-corrected chi connectivity index (χ0v) is 12.5. The first-order valence-corrected chi connectivity index (χ1v) is 7.01. The maximum atomic E-state index is 12.1. The van der Waals surface area contributed by atoms with Gasteiger partial charge in [0.25, 0.3) is 0 Å². The standard InChI is InChI=1S/C14H28N2O2/c1-6-18-13(17)14(15-4)8-7-12(9-14)16(5)10-11(2)3/h11-12,15H,6-10H2,1-5H3. The van der Waals surface area contributed by atoms with Crippen molar-refractivity contribution < 1.29 is 9.53 Å². The molecule has 1 N–H and O–H groups in total. The molecule has 2 unspecified atom stereocenters. The van der Waals surface area contributed by atoms with Gasteiger partial charge in [0.2, 0.25) is 0 Å². The minimum absolute atomic E-state index is 0.0899. The van der Waals surface area contributed by atoms with E-state index in [1.54, 1.807) is 0 Å². The van der Waals surface area contributed by atoms with Crippen molar-refractivity contribution in [2.45, 2.75) is 51.6 Å². The van der Waals surface area contributed by atoms with Crippen LogP contribution in [0.15, 0.2) is 0 Å². The third-order valence-electron chi connectivity index (χ3n) is 3.91. The van der Waals surface area contributed by atoms with Crippen molar-refractivity contribution in [3.8, 4) is 0 Å². The molecule has 1 fully saturated rings. The van der Waals surface area contributed by atoms with Gasteiger partial charge in [-0.2, -0.15) is 0 Å². The van der Waals surface area contributed by atoms with Gasteiger partial charge in [-0.25, -0.2) is 0 Å². The molecule has 0 radical (unpaired) electrons. The summed E-state index contributed by atoms with van der Waals surface area (Å²) in [5.74, 6) is 0.565. The van der Waals surface area contributed by atoms with Crippen molar-refractivity contribution >= 4 is 5.97 Å². The van der Waals surface area contributed by atoms with E-state index in [1.807, 2.05) is 14.0 Å². The summed E-state index contributed by atoms with van der Waals surface area (Å²) in [4.78, 5) is 14.5. The maximum absolute atomic E-state index is 12.1. The van der Waals surface area contributed by atoms with Gasteiger partial charge in [0, 0.05) is 12.6 Å². The van der Waals surface area contributed by atoms with E-state index < -0.39 is 5.54 Å². The zero-order valence-electron chi connectivity index (χ0n) is 12.5. The molecule has 2 atom stereocenters. The van der Waals surface area contributed by atoms with Crippen LogP contribution in [0.25, 0.3) is 0 Å². The second kappa shape index (κ2) is 6.53. The van der Waals surface area contributed by atoms with E-state index >= 15 is 0 Å². The zero-order chi connectivity index (χ0) is 13.8. The number of likely N-dealkylation sites (N-methyl/N-ethyl adjacent to an activating group) is 1. The summed E-state index contributed by atoms with van der Waals surface area (Å²) in [5, 5.41) is 3.20. The summed E-state index contributed by atoms with van der Waals surface area (Å²) >= 11 is 0. The quantitative estimate of drug-likeness (QED) is 0.734. The van der Waals surface area contributed by atoms with Gasteiger partial charge in [0.15, 0.2) is 0 Å². The fourth-order valence-electron chi connectivity index (χ4n) is 2.90. The lowest BCUT2D eigenvalue weighted by Crippen LogP contribution is -2.50. The Morgan fingerprint density at radius 1 is 1.56 bits per heavy atom. The highest BCUT2D eigenvalue weighted by atomic mass is 16.5. The van der Waals surface area contributed by atoms with Crippen LogP contribution in [0.2, 0.25) is 0 Å². The molecule has 4 nitrogen and oxygen atoms in total. The Balaban J connectivity index is 2.63. The number of nitrogens with one attached hydrogen (secondary N) is 1. The Hall–Kier alpha value is -0.610. The molecule has 1 saturated carbocycles. The number of ether oxygens (including phenoxy) is 1. The molecule has 0 amide bonds. The van der Waals surface area contributed by atoms with E-state index in [0.29, 0.717) is 18.6 Å². The Bertz CT molecular complexity index is 281. The van der Waals surface area contributed by atoms with Crippen molar-refractivity contribution in [1.29, 1.82) is 0 Å². The monoisotopic (exact) mass is 256 g/mol. The predicted octanol–water partition coefficient (Wildman–Crippen LogP) is 1.65. The van der Waals surface area contributed by atoms with E-state index in [1.165, 1.54) is 0 Å². The molecule has 1 aliphatic carbocycles. The van der Waals surface area contributed by atoms with Crippen LogP contribution in [-0.2, 0) is 9.53 Å². The molecule has 0 saturated heterocycles. The van der Waals surface area contributed by atoms with Crippen LogP contribution in [0.4, 0.5) is 0 Å². The summed E-state index contributed by atoms with van der Waals surface area (Å²) < 4.78 is 5.21. The average molecular weight is 256 g/mol. The van der Waals surface area contributed by atoms with E-state index in [0.717, 1.165) is 25.8 Å². The fraction of sp³-hybridized carbons (Fsp3) is 0.929. The summed E-state index contributed by atoms with van der Waals surface area (Å²) in [6.45, 7) is 7.84. The first-order valence-electron chi connectivity index (χ1n) is 7.01. The van der Waals surface area contributed by atoms with Gasteiger partial charge in [-0.1, -0.05) is 13.8 Å². The van der Waals surface area contributed by atoms with Crippen LogP contribution in [0.5, 0.6) is 0 Å². The molecular formula is C14H28N2O2. The molecule has 18 heavy (non-hydrogen) atoms. The Labute approximate surface area is 111 Å². The molecule has 0 heterocycles. The van der Waals surface area contributed by atoms with Crippen LogP contribution in [0.3, 0.4) is 0 Å². The lowest BCUT2D eigenvalue weighted by atomic mass is 9.97. The lowest BCUT2D eigenvalue weighted by Gasteiger charge is -2.29. The average Bonchev–Trinajstić information content (AvgIpc) is 2.74. The predicted molar refractivity (Wildman–Crippen MR) is 73.5 cm³/mol. The van der Waals surface area contributed by atoms with Crippen molar-refractivity contribution in [3.05, 3.63) is 0 Å². The second-order valence-electron chi connectivity index (χ2n) is 5.78. The third-order valence-corrected chi connectivity index (χ3v) is 3.91. The number of carbonyl (C=O) groups excluding carboxylic acids is 1. The number of rotatable bonds is 6. The van der Waals surface area contributed by atoms with Crippen LogP contribution in [0, 0.1) is 5.92 Å². The lowest BCUT2D eigenvalue weighted by molar-refractivity contribution is -0.151. The summed E-state index contributed by atoms with van der Waals surface area (Å²) in [6.07, 6.45) is 2.78. The van der Waals surface area contributed by atoms with Gasteiger partial charge < -0.3 is 15.0 Å². The molecular weight excluding hydrogens is 228 g/mol. The molecule has 1 rings (SSSR count). The summed E-state index contributed by atoms with van der Waals surface area (Å²) in [6, 6.07) is 0.476. The van der Waals surface area contributed by atoms with E-state index in [4.69, 9.17) is 4.74 Å². The number of nitrogens with zero attached hydrogens (tertiary/aromatic N) is 1. The first-order chi connectivity index (χ1) is 8.45. The third kappa shape index (κ3) is 3.45. The first kappa shape index (κ1) is 15.4. The molecule has 0 spiro atoms. The molecule has 1 aliphatic rings. The fourth-order valence-corrected chi connectivity index (χ4v) is 2.90. The smallest absolute Gasteiger partial charge is 0.326 e. The van der Waals surface area contributed by atoms with E-state index in [2.05, 4.69) is 31.1 Å². The molecule has 4 heteroatoms. The topological polar surface area (TPSA) is 41.6 Å². The van der Waals surface area contributed by atoms with Crippen LogP contribution < -0.4 is 5.32 Å². The number of hydrogen-bond acceptors (Lipinski definition) is 4. The summed E-state index contributed by atoms with van der Waals surface area (Å²) in [7, 11) is 4.02. The summed E-state index contributed by atoms with van der Waals surface area (Å²) in [5.41, 5.74) is -0.466. The minimum atomic E-state index is -0.466. The van der Waals surface area contributed by atoms with Gasteiger partial charge in [0.05, 0.1) is 6.61 Å². The molecule has 0 aromatic rings. The minimum Gasteiger partial charge on any atom is -0.465 e. The van der Waals surface area contributed by atoms with Gasteiger partial charge in [-0.15, -0.1) is 0 Å². The van der Waals surface area contributed by atoms with Crippen molar-refractivity contribution in [2.24, 2.45) is 5.92 Å². The SMILES string of the molecule is CCOC(=O)C1(NC)CCC(N(C)CC(C)C)C1. The molecule has 0 aliphatic heterocycles. The largest absolute Gasteiger partial charge is 0.465 e. The van der Waals surface area contributed by atoms with Crippen molar-refractivity contribution in [1.82, 2.24) is 10.2 Å². The van der Waals surface area contributed by atoms with Crippen molar-refractivity contribution in [3.63, 3.8) is 0 Å². The molecule has 106 valence electrons. The number of esters is 1. The van der Waals surface area contributed by atoms with Crippen molar-refractivity contribution in [2.75, 3.05) is 27.2 Å². The Morgan fingerprint density at radius 3 is 2.72 bits per heavy atom. The molecule has 0 bridgehead atoms. The van der Waals surface area contributed by atoms with Gasteiger partial charge >= 0.3 is 5.97 Å². The van der Waals surface area contributed by atoms with Crippen LogP contribution >= 0.6 is 0 Å². The number of carbonyl (C=O) groups is 1. The highest BCUT2D eigenvalue weighted by Crippen LogP contribution is 2.33. The molecule has 0 aromatic carbocycles. The van der Waals surface area contributed by atoms with Gasteiger partial charge in [-0.3, -0.25) is 4.79 Å². The maximum Gasteiger partial charge on any atom is 0.326 e. The van der Waals surface area contributed by atoms with Gasteiger partial charge in [0.1, 0.15) is 5.54 Å². The van der Waals surface area contributed by atoms with Crippen LogP contribution in [-0.4, -0.2) is 49.7 Å². The van der Waals surface area contributed by atoms with Gasteiger partial charge in [-0.05, 0) is 46.2 Å². The second-order valence-corrected chi connectivity index (χ2v) is 5.78. The Kier molecular flexibility index (Phi) is 5.60. The number of hydrogen-bond donors (Lipinski definition) is 1.